The number of benzene rings is 1. The number of nitrogens with one attached hydrogen (secondary N) is 2. The average Bonchev–Trinajstić information content (AvgIpc) is 3.08. The lowest BCUT2D eigenvalue weighted by atomic mass is 10.2. The van der Waals surface area contributed by atoms with Crippen LogP contribution in [0, 0.1) is 0 Å². The summed E-state index contributed by atoms with van der Waals surface area (Å²) < 4.78 is 10.6. The highest BCUT2D eigenvalue weighted by atomic mass is 16.5. The summed E-state index contributed by atoms with van der Waals surface area (Å²) in [4.78, 5) is 4.47. The normalized spacial score (nSPS) is 14.5. The van der Waals surface area contributed by atoms with E-state index in [4.69, 9.17) is 9.47 Å². The topological polar surface area (TPSA) is 81.2 Å². The first-order chi connectivity index (χ1) is 11.3. The smallest absolute Gasteiger partial charge is 0.244 e. The third-order valence-corrected chi connectivity index (χ3v) is 3.92. The molecular weight excluding hydrogens is 294 g/mol. The maximum absolute atomic E-state index is 5.38. The fourth-order valence-corrected chi connectivity index (χ4v) is 2.72. The molecule has 0 aliphatic heterocycles. The minimum atomic E-state index is 0.447. The zero-order valence-corrected chi connectivity index (χ0v) is 13.4. The van der Waals surface area contributed by atoms with Crippen LogP contribution in [0.5, 0.6) is 11.5 Å². The van der Waals surface area contributed by atoms with E-state index in [2.05, 4.69) is 25.8 Å². The first kappa shape index (κ1) is 15.3. The van der Waals surface area contributed by atoms with Crippen molar-refractivity contribution in [2.45, 2.75) is 31.7 Å². The summed E-state index contributed by atoms with van der Waals surface area (Å²) in [6.45, 7) is 0. The van der Waals surface area contributed by atoms with Crippen LogP contribution in [0.3, 0.4) is 0 Å². The molecule has 0 bridgehead atoms. The molecule has 2 aromatic rings. The van der Waals surface area contributed by atoms with Gasteiger partial charge >= 0.3 is 0 Å². The molecule has 0 amide bonds. The van der Waals surface area contributed by atoms with Gasteiger partial charge in [0.1, 0.15) is 11.5 Å². The van der Waals surface area contributed by atoms with Crippen LogP contribution in [0.4, 0.5) is 17.5 Å². The third-order valence-electron chi connectivity index (χ3n) is 3.92. The number of aromatic nitrogens is 3. The molecule has 1 heterocycles. The van der Waals surface area contributed by atoms with E-state index >= 15 is 0 Å². The summed E-state index contributed by atoms with van der Waals surface area (Å²) in [5.41, 5.74) is 0.792. The number of rotatable bonds is 6. The van der Waals surface area contributed by atoms with Crippen LogP contribution >= 0.6 is 0 Å². The molecule has 3 rings (SSSR count). The molecule has 2 N–H and O–H groups in total. The molecule has 0 spiro atoms. The number of methoxy groups -OCH3 is 2. The van der Waals surface area contributed by atoms with Crippen LogP contribution in [-0.4, -0.2) is 35.4 Å². The Hall–Kier alpha value is -2.57. The van der Waals surface area contributed by atoms with Crippen molar-refractivity contribution in [3.05, 3.63) is 24.4 Å². The predicted octanol–water partition coefficient (Wildman–Crippen LogP) is 2.99. The minimum absolute atomic E-state index is 0.447. The Kier molecular flexibility index (Phi) is 4.75. The van der Waals surface area contributed by atoms with Gasteiger partial charge in [-0.1, -0.05) is 12.8 Å². The van der Waals surface area contributed by atoms with Crippen LogP contribution in [0.1, 0.15) is 25.7 Å². The monoisotopic (exact) mass is 315 g/mol. The molecule has 1 aromatic heterocycles. The van der Waals surface area contributed by atoms with Gasteiger partial charge in [0.2, 0.25) is 5.95 Å². The van der Waals surface area contributed by atoms with Crippen LogP contribution < -0.4 is 20.1 Å². The second-order valence-corrected chi connectivity index (χ2v) is 5.48. The van der Waals surface area contributed by atoms with Gasteiger partial charge in [0, 0.05) is 12.1 Å². The maximum Gasteiger partial charge on any atom is 0.244 e. The Balaban J connectivity index is 1.74. The molecule has 0 atom stereocenters. The zero-order valence-electron chi connectivity index (χ0n) is 13.4. The lowest BCUT2D eigenvalue weighted by Gasteiger charge is -2.14. The zero-order chi connectivity index (χ0) is 16.1. The summed E-state index contributed by atoms with van der Waals surface area (Å²) in [5.74, 6) is 2.57. The Labute approximate surface area is 135 Å². The van der Waals surface area contributed by atoms with Crippen molar-refractivity contribution in [3.63, 3.8) is 0 Å². The van der Waals surface area contributed by atoms with Gasteiger partial charge in [-0.25, -0.2) is 0 Å². The molecule has 7 nitrogen and oxygen atoms in total. The van der Waals surface area contributed by atoms with Gasteiger partial charge in [0.25, 0.3) is 0 Å². The number of hydrogen-bond donors (Lipinski definition) is 2. The fraction of sp³-hybridized carbons (Fsp3) is 0.438. The summed E-state index contributed by atoms with van der Waals surface area (Å²) in [6.07, 6.45) is 6.42. The number of anilines is 3. The highest BCUT2D eigenvalue weighted by Gasteiger charge is 2.16. The van der Waals surface area contributed by atoms with Crippen LogP contribution in [0.2, 0.25) is 0 Å². The van der Waals surface area contributed by atoms with Gasteiger partial charge < -0.3 is 20.1 Å². The van der Waals surface area contributed by atoms with Crippen LogP contribution in [0.15, 0.2) is 24.4 Å². The van der Waals surface area contributed by atoms with Gasteiger partial charge in [-0.2, -0.15) is 10.1 Å². The van der Waals surface area contributed by atoms with E-state index in [0.29, 0.717) is 23.6 Å². The van der Waals surface area contributed by atoms with Crippen molar-refractivity contribution >= 4 is 17.5 Å². The molecule has 1 fully saturated rings. The van der Waals surface area contributed by atoms with E-state index in [1.54, 1.807) is 20.4 Å². The van der Waals surface area contributed by atoms with E-state index in [1.807, 2.05) is 18.2 Å². The molecule has 1 aromatic carbocycles. The Morgan fingerprint density at radius 3 is 2.70 bits per heavy atom. The predicted molar refractivity (Wildman–Crippen MR) is 88.5 cm³/mol. The summed E-state index contributed by atoms with van der Waals surface area (Å²) in [7, 11) is 3.24. The van der Waals surface area contributed by atoms with E-state index in [0.717, 1.165) is 24.3 Å². The Morgan fingerprint density at radius 2 is 1.96 bits per heavy atom. The van der Waals surface area contributed by atoms with Crippen LogP contribution in [-0.2, 0) is 0 Å². The maximum atomic E-state index is 5.38. The molecule has 23 heavy (non-hydrogen) atoms. The van der Waals surface area contributed by atoms with Gasteiger partial charge in [-0.05, 0) is 25.0 Å². The van der Waals surface area contributed by atoms with Crippen molar-refractivity contribution in [1.29, 1.82) is 0 Å². The van der Waals surface area contributed by atoms with Crippen LogP contribution in [0.25, 0.3) is 0 Å². The molecule has 0 radical (unpaired) electrons. The van der Waals surface area contributed by atoms with E-state index in [1.165, 1.54) is 12.8 Å². The molecule has 1 aliphatic carbocycles. The van der Waals surface area contributed by atoms with Crippen molar-refractivity contribution in [1.82, 2.24) is 15.2 Å². The number of nitrogens with zero attached hydrogens (tertiary/aromatic N) is 3. The number of ether oxygens (including phenoxy) is 2. The quantitative estimate of drug-likeness (QED) is 0.848. The van der Waals surface area contributed by atoms with Gasteiger partial charge in [0.15, 0.2) is 5.82 Å². The Bertz CT molecular complexity index is 659. The molecule has 0 unspecified atom stereocenters. The highest BCUT2D eigenvalue weighted by Crippen LogP contribution is 2.31. The molecular formula is C16H21N5O2. The average molecular weight is 315 g/mol. The summed E-state index contributed by atoms with van der Waals surface area (Å²) in [6, 6.07) is 6.00. The second kappa shape index (κ2) is 7.13. The minimum Gasteiger partial charge on any atom is -0.497 e. The second-order valence-electron chi connectivity index (χ2n) is 5.48. The third kappa shape index (κ3) is 3.80. The highest BCUT2D eigenvalue weighted by molar-refractivity contribution is 5.65. The largest absolute Gasteiger partial charge is 0.497 e. The van der Waals surface area contributed by atoms with Crippen molar-refractivity contribution in [2.75, 3.05) is 24.9 Å². The molecule has 1 saturated carbocycles. The molecule has 122 valence electrons. The van der Waals surface area contributed by atoms with Crippen molar-refractivity contribution in [3.8, 4) is 11.5 Å². The first-order valence-electron chi connectivity index (χ1n) is 7.74. The van der Waals surface area contributed by atoms with Gasteiger partial charge in [-0.15, -0.1) is 5.10 Å². The van der Waals surface area contributed by atoms with Gasteiger partial charge in [-0.3, -0.25) is 0 Å². The van der Waals surface area contributed by atoms with E-state index in [-0.39, 0.29) is 0 Å². The lowest BCUT2D eigenvalue weighted by Crippen LogP contribution is -2.17. The standard InChI is InChI=1S/C16H21N5O2/c1-22-12-7-8-13(14(9-12)23-2)19-15-10-17-21-16(20-15)18-11-5-3-4-6-11/h7-11H,3-6H2,1-2H3,(H2,18,19,20,21). The van der Waals surface area contributed by atoms with E-state index in [9.17, 15) is 0 Å². The SMILES string of the molecule is COc1ccc(Nc2cnnc(NC3CCCC3)n2)c(OC)c1. The first-order valence-corrected chi connectivity index (χ1v) is 7.74. The lowest BCUT2D eigenvalue weighted by molar-refractivity contribution is 0.395. The van der Waals surface area contributed by atoms with Crippen molar-refractivity contribution < 1.29 is 9.47 Å². The summed E-state index contributed by atoms with van der Waals surface area (Å²) >= 11 is 0. The van der Waals surface area contributed by atoms with Gasteiger partial charge in [0.05, 0.1) is 26.1 Å². The molecule has 7 heteroatoms. The summed E-state index contributed by atoms with van der Waals surface area (Å²) in [5, 5.41) is 14.6. The Morgan fingerprint density at radius 1 is 1.13 bits per heavy atom. The molecule has 0 saturated heterocycles. The number of hydrogen-bond acceptors (Lipinski definition) is 7. The van der Waals surface area contributed by atoms with Crippen molar-refractivity contribution in [2.24, 2.45) is 0 Å². The molecule has 1 aliphatic rings. The van der Waals surface area contributed by atoms with E-state index < -0.39 is 0 Å². The fourth-order valence-electron chi connectivity index (χ4n) is 2.72.